The summed E-state index contributed by atoms with van der Waals surface area (Å²) >= 11 is 7.33. The fourth-order valence-corrected chi connectivity index (χ4v) is 4.61. The summed E-state index contributed by atoms with van der Waals surface area (Å²) in [4.78, 5) is 28.6. The van der Waals surface area contributed by atoms with Crippen LogP contribution in [-0.4, -0.2) is 34.6 Å². The van der Waals surface area contributed by atoms with E-state index in [4.69, 9.17) is 11.6 Å². The van der Waals surface area contributed by atoms with Crippen LogP contribution in [-0.2, 0) is 16.1 Å². The molecule has 0 aromatic heterocycles. The predicted octanol–water partition coefficient (Wildman–Crippen LogP) is 5.44. The zero-order chi connectivity index (χ0) is 22.2. The highest BCUT2D eigenvalue weighted by Crippen LogP contribution is 2.22. The third-order valence-electron chi connectivity index (χ3n) is 5.56. The van der Waals surface area contributed by atoms with Crippen molar-refractivity contribution >= 4 is 35.2 Å². The first-order chi connectivity index (χ1) is 14.9. The first kappa shape index (κ1) is 23.6. The molecule has 2 amide bonds. The van der Waals surface area contributed by atoms with Crippen LogP contribution in [0, 0.1) is 5.82 Å². The lowest BCUT2D eigenvalue weighted by atomic mass is 9.95. The third-order valence-corrected chi connectivity index (χ3v) is 6.81. The molecule has 7 heteroatoms. The Balaban J connectivity index is 1.69. The molecule has 0 heterocycles. The number of carbonyl (C=O) groups is 2. The molecule has 31 heavy (non-hydrogen) atoms. The van der Waals surface area contributed by atoms with Gasteiger partial charge in [-0.1, -0.05) is 43.0 Å². The molecule has 4 nitrogen and oxygen atoms in total. The van der Waals surface area contributed by atoms with E-state index in [1.54, 1.807) is 36.1 Å². The van der Waals surface area contributed by atoms with Gasteiger partial charge in [0.1, 0.15) is 11.9 Å². The fourth-order valence-electron chi connectivity index (χ4n) is 3.70. The van der Waals surface area contributed by atoms with Gasteiger partial charge in [-0.2, -0.15) is 0 Å². The van der Waals surface area contributed by atoms with Crippen molar-refractivity contribution in [2.75, 3.05) is 5.75 Å². The SMILES string of the molecule is C[C@@H](C(=O)NC1CCCCC1)N(Cc1ccc(F)cc1)C(=O)CSc1ccc(Cl)cc1. The summed E-state index contributed by atoms with van der Waals surface area (Å²) in [6.07, 6.45) is 5.41. The van der Waals surface area contributed by atoms with Crippen molar-refractivity contribution in [1.29, 1.82) is 0 Å². The first-order valence-electron chi connectivity index (χ1n) is 10.6. The van der Waals surface area contributed by atoms with Gasteiger partial charge >= 0.3 is 0 Å². The highest BCUT2D eigenvalue weighted by atomic mass is 35.5. The van der Waals surface area contributed by atoms with Crippen LogP contribution < -0.4 is 5.32 Å². The second-order valence-electron chi connectivity index (χ2n) is 7.91. The van der Waals surface area contributed by atoms with E-state index in [0.29, 0.717) is 5.02 Å². The van der Waals surface area contributed by atoms with Crippen LogP contribution in [0.4, 0.5) is 4.39 Å². The maximum atomic E-state index is 13.3. The Morgan fingerprint density at radius 2 is 1.74 bits per heavy atom. The zero-order valence-corrected chi connectivity index (χ0v) is 19.2. The van der Waals surface area contributed by atoms with Crippen molar-refractivity contribution < 1.29 is 14.0 Å². The van der Waals surface area contributed by atoms with Crippen LogP contribution in [0.1, 0.15) is 44.6 Å². The van der Waals surface area contributed by atoms with E-state index in [1.165, 1.54) is 30.3 Å². The van der Waals surface area contributed by atoms with Crippen LogP contribution in [0.25, 0.3) is 0 Å². The lowest BCUT2D eigenvalue weighted by Gasteiger charge is -2.31. The van der Waals surface area contributed by atoms with Crippen molar-refractivity contribution in [1.82, 2.24) is 10.2 Å². The number of hydrogen-bond acceptors (Lipinski definition) is 3. The predicted molar refractivity (Wildman–Crippen MR) is 124 cm³/mol. The Kier molecular flexibility index (Phi) is 8.79. The van der Waals surface area contributed by atoms with E-state index in [9.17, 15) is 14.0 Å². The quantitative estimate of drug-likeness (QED) is 0.531. The lowest BCUT2D eigenvalue weighted by Crippen LogP contribution is -2.50. The standard InChI is InChI=1S/C24H28ClFN2O2S/c1-17(24(30)27-21-5-3-2-4-6-21)28(15-18-7-11-20(26)12-8-18)23(29)16-31-22-13-9-19(25)10-14-22/h7-14,17,21H,2-6,15-16H2,1H3,(H,27,30)/t17-/m0/s1. The molecule has 166 valence electrons. The summed E-state index contributed by atoms with van der Waals surface area (Å²) in [5.74, 6) is -0.415. The van der Waals surface area contributed by atoms with Gasteiger partial charge in [-0.25, -0.2) is 4.39 Å². The van der Waals surface area contributed by atoms with Crippen LogP contribution >= 0.6 is 23.4 Å². The van der Waals surface area contributed by atoms with Gasteiger partial charge in [0.05, 0.1) is 5.75 Å². The normalized spacial score (nSPS) is 15.3. The molecule has 0 bridgehead atoms. The first-order valence-corrected chi connectivity index (χ1v) is 12.0. The van der Waals surface area contributed by atoms with Crippen molar-refractivity contribution in [3.8, 4) is 0 Å². The molecule has 0 spiro atoms. The molecule has 3 rings (SSSR count). The van der Waals surface area contributed by atoms with Gasteiger partial charge in [0, 0.05) is 22.5 Å². The Morgan fingerprint density at radius 1 is 1.10 bits per heavy atom. The maximum Gasteiger partial charge on any atom is 0.242 e. The Hall–Kier alpha value is -2.05. The summed E-state index contributed by atoms with van der Waals surface area (Å²) in [6.45, 7) is 2.01. The van der Waals surface area contributed by atoms with Gasteiger partial charge in [-0.05, 0) is 61.7 Å². The average Bonchev–Trinajstić information content (AvgIpc) is 2.78. The molecule has 1 aliphatic carbocycles. The minimum absolute atomic E-state index is 0.140. The van der Waals surface area contributed by atoms with Crippen molar-refractivity contribution in [3.05, 3.63) is 64.9 Å². The number of carbonyl (C=O) groups excluding carboxylic acids is 2. The highest BCUT2D eigenvalue weighted by Gasteiger charge is 2.28. The summed E-state index contributed by atoms with van der Waals surface area (Å²) in [6, 6.07) is 12.9. The number of hydrogen-bond donors (Lipinski definition) is 1. The fraction of sp³-hybridized carbons (Fsp3) is 0.417. The minimum Gasteiger partial charge on any atom is -0.352 e. The summed E-state index contributed by atoms with van der Waals surface area (Å²) in [5, 5.41) is 3.75. The molecule has 0 radical (unpaired) electrons. The molecule has 1 aliphatic rings. The van der Waals surface area contributed by atoms with E-state index < -0.39 is 6.04 Å². The van der Waals surface area contributed by atoms with Crippen LogP contribution in [0.5, 0.6) is 0 Å². The summed E-state index contributed by atoms with van der Waals surface area (Å²) in [7, 11) is 0. The number of benzene rings is 2. The van der Waals surface area contributed by atoms with E-state index >= 15 is 0 Å². The van der Waals surface area contributed by atoms with Gasteiger partial charge in [0.15, 0.2) is 0 Å². The number of rotatable bonds is 8. The Morgan fingerprint density at radius 3 is 2.39 bits per heavy atom. The monoisotopic (exact) mass is 462 g/mol. The van der Waals surface area contributed by atoms with Gasteiger partial charge in [0.2, 0.25) is 11.8 Å². The van der Waals surface area contributed by atoms with Crippen LogP contribution in [0.3, 0.4) is 0 Å². The van der Waals surface area contributed by atoms with Crippen molar-refractivity contribution in [2.45, 2.75) is 62.6 Å². The summed E-state index contributed by atoms with van der Waals surface area (Å²) < 4.78 is 13.3. The summed E-state index contributed by atoms with van der Waals surface area (Å²) in [5.41, 5.74) is 0.781. The second kappa shape index (κ2) is 11.5. The number of halogens is 2. The molecule has 1 fully saturated rings. The third kappa shape index (κ3) is 7.25. The molecular weight excluding hydrogens is 435 g/mol. The number of nitrogens with zero attached hydrogens (tertiary/aromatic N) is 1. The molecule has 1 N–H and O–H groups in total. The molecule has 2 aromatic rings. The maximum absolute atomic E-state index is 13.3. The molecule has 0 aliphatic heterocycles. The smallest absolute Gasteiger partial charge is 0.242 e. The molecular formula is C24H28ClFN2O2S. The molecule has 1 atom stereocenters. The van der Waals surface area contributed by atoms with Gasteiger partial charge in [-0.15, -0.1) is 11.8 Å². The highest BCUT2D eigenvalue weighted by molar-refractivity contribution is 8.00. The largest absolute Gasteiger partial charge is 0.352 e. The van der Waals surface area contributed by atoms with Gasteiger partial charge in [-0.3, -0.25) is 9.59 Å². The topological polar surface area (TPSA) is 49.4 Å². The molecule has 1 saturated carbocycles. The van der Waals surface area contributed by atoms with Gasteiger partial charge < -0.3 is 10.2 Å². The van der Waals surface area contributed by atoms with Crippen molar-refractivity contribution in [2.24, 2.45) is 0 Å². The Bertz CT molecular complexity index is 870. The number of amides is 2. The van der Waals surface area contributed by atoms with E-state index in [-0.39, 0.29) is 36.0 Å². The number of thioether (sulfide) groups is 1. The van der Waals surface area contributed by atoms with Crippen LogP contribution in [0.15, 0.2) is 53.4 Å². The van der Waals surface area contributed by atoms with E-state index in [0.717, 1.165) is 36.1 Å². The average molecular weight is 463 g/mol. The number of nitrogens with one attached hydrogen (secondary N) is 1. The van der Waals surface area contributed by atoms with Crippen LogP contribution in [0.2, 0.25) is 5.02 Å². The van der Waals surface area contributed by atoms with Crippen molar-refractivity contribution in [3.63, 3.8) is 0 Å². The van der Waals surface area contributed by atoms with E-state index in [2.05, 4.69) is 5.32 Å². The zero-order valence-electron chi connectivity index (χ0n) is 17.7. The van der Waals surface area contributed by atoms with Gasteiger partial charge in [0.25, 0.3) is 0 Å². The molecule has 0 unspecified atom stereocenters. The molecule has 0 saturated heterocycles. The molecule has 2 aromatic carbocycles. The second-order valence-corrected chi connectivity index (χ2v) is 9.40. The minimum atomic E-state index is -0.620. The lowest BCUT2D eigenvalue weighted by molar-refractivity contribution is -0.139. The van der Waals surface area contributed by atoms with E-state index in [1.807, 2.05) is 12.1 Å². The Labute approximate surface area is 192 Å².